The van der Waals surface area contributed by atoms with Crippen molar-refractivity contribution in [1.82, 2.24) is 4.98 Å². The number of ether oxygens (including phenoxy) is 1. The lowest BCUT2D eigenvalue weighted by molar-refractivity contribution is -0.145. The molecule has 0 spiro atoms. The van der Waals surface area contributed by atoms with E-state index in [0.717, 1.165) is 28.9 Å². The Bertz CT molecular complexity index is 377. The molecule has 0 saturated heterocycles. The molecule has 0 fully saturated rings. The van der Waals surface area contributed by atoms with E-state index in [1.807, 2.05) is 6.92 Å². The van der Waals surface area contributed by atoms with Gasteiger partial charge in [-0.05, 0) is 42.1 Å². The summed E-state index contributed by atoms with van der Waals surface area (Å²) in [5, 5.41) is 0. The first-order valence-electron chi connectivity index (χ1n) is 5.04. The molecule has 0 aliphatic heterocycles. The molecule has 3 nitrogen and oxygen atoms in total. The number of aryl methyl sites for hydroxylation is 1. The monoisotopic (exact) mass is 289 g/mol. The Hall–Kier alpha value is -0.420. The highest BCUT2D eigenvalue weighted by atomic mass is 79.9. The number of rotatable bonds is 2. The van der Waals surface area contributed by atoms with Crippen LogP contribution in [-0.2, 0) is 16.0 Å². The topological polar surface area (TPSA) is 39.2 Å². The SMILES string of the molecule is CCOC(=O)C1CCCc2sc(Br)nc21. The molecule has 0 saturated carbocycles. The second kappa shape index (κ2) is 4.61. The largest absolute Gasteiger partial charge is 0.465 e. The van der Waals surface area contributed by atoms with Crippen molar-refractivity contribution in [3.63, 3.8) is 0 Å². The Morgan fingerprint density at radius 1 is 1.73 bits per heavy atom. The van der Waals surface area contributed by atoms with Gasteiger partial charge in [0.15, 0.2) is 3.92 Å². The van der Waals surface area contributed by atoms with Crippen molar-refractivity contribution >= 4 is 33.2 Å². The number of carbonyl (C=O) groups is 1. The molecule has 0 amide bonds. The molecule has 1 aliphatic carbocycles. The van der Waals surface area contributed by atoms with Gasteiger partial charge < -0.3 is 4.74 Å². The molecule has 1 aromatic rings. The minimum Gasteiger partial charge on any atom is -0.465 e. The molecule has 5 heteroatoms. The normalized spacial score (nSPS) is 19.7. The summed E-state index contributed by atoms with van der Waals surface area (Å²) < 4.78 is 5.92. The van der Waals surface area contributed by atoms with Crippen LogP contribution in [0, 0.1) is 0 Å². The number of hydrogen-bond acceptors (Lipinski definition) is 4. The predicted molar refractivity (Wildman–Crippen MR) is 62.1 cm³/mol. The fraction of sp³-hybridized carbons (Fsp3) is 0.600. The van der Waals surface area contributed by atoms with Gasteiger partial charge in [-0.3, -0.25) is 4.79 Å². The van der Waals surface area contributed by atoms with E-state index in [2.05, 4.69) is 20.9 Å². The molecule has 0 N–H and O–H groups in total. The van der Waals surface area contributed by atoms with Gasteiger partial charge in [0.2, 0.25) is 0 Å². The summed E-state index contributed by atoms with van der Waals surface area (Å²) in [6, 6.07) is 0. The van der Waals surface area contributed by atoms with Crippen LogP contribution in [0.25, 0.3) is 0 Å². The second-order valence-corrected chi connectivity index (χ2v) is 5.83. The van der Waals surface area contributed by atoms with E-state index in [1.165, 1.54) is 4.88 Å². The maximum atomic E-state index is 11.7. The maximum Gasteiger partial charge on any atom is 0.315 e. The quantitative estimate of drug-likeness (QED) is 0.786. The van der Waals surface area contributed by atoms with Crippen LogP contribution < -0.4 is 0 Å². The van der Waals surface area contributed by atoms with Crippen LogP contribution in [0.3, 0.4) is 0 Å². The summed E-state index contributed by atoms with van der Waals surface area (Å²) in [6.45, 7) is 2.27. The predicted octanol–water partition coefficient (Wildman–Crippen LogP) is 2.89. The third-order valence-electron chi connectivity index (χ3n) is 2.50. The van der Waals surface area contributed by atoms with Gasteiger partial charge in [-0.2, -0.15) is 0 Å². The van der Waals surface area contributed by atoms with Gasteiger partial charge in [-0.25, -0.2) is 4.98 Å². The highest BCUT2D eigenvalue weighted by Crippen LogP contribution is 2.37. The summed E-state index contributed by atoms with van der Waals surface area (Å²) in [5.74, 6) is -0.271. The number of nitrogens with zero attached hydrogens (tertiary/aromatic N) is 1. The van der Waals surface area contributed by atoms with E-state index in [-0.39, 0.29) is 11.9 Å². The van der Waals surface area contributed by atoms with Gasteiger partial charge in [-0.1, -0.05) is 0 Å². The van der Waals surface area contributed by atoms with E-state index in [4.69, 9.17) is 4.74 Å². The maximum absolute atomic E-state index is 11.7. The van der Waals surface area contributed by atoms with Crippen LogP contribution in [0.2, 0.25) is 0 Å². The second-order valence-electron chi connectivity index (χ2n) is 3.47. The average molecular weight is 290 g/mol. The summed E-state index contributed by atoms with van der Waals surface area (Å²) >= 11 is 4.99. The molecule has 1 atom stereocenters. The summed E-state index contributed by atoms with van der Waals surface area (Å²) in [5.41, 5.74) is 0.927. The van der Waals surface area contributed by atoms with Gasteiger partial charge in [0.25, 0.3) is 0 Å². The zero-order valence-electron chi connectivity index (χ0n) is 8.46. The number of esters is 1. The Kier molecular flexibility index (Phi) is 3.41. The first-order chi connectivity index (χ1) is 7.22. The van der Waals surface area contributed by atoms with Crippen molar-refractivity contribution in [3.8, 4) is 0 Å². The Morgan fingerprint density at radius 2 is 2.53 bits per heavy atom. The van der Waals surface area contributed by atoms with Crippen molar-refractivity contribution in [2.24, 2.45) is 0 Å². The van der Waals surface area contributed by atoms with E-state index in [0.29, 0.717) is 6.61 Å². The zero-order chi connectivity index (χ0) is 10.8. The molecule has 2 rings (SSSR count). The van der Waals surface area contributed by atoms with E-state index < -0.39 is 0 Å². The first kappa shape index (κ1) is 11.1. The van der Waals surface area contributed by atoms with E-state index in [1.54, 1.807) is 11.3 Å². The zero-order valence-corrected chi connectivity index (χ0v) is 10.9. The molecule has 0 radical (unpaired) electrons. The molecule has 0 aromatic carbocycles. The third kappa shape index (κ3) is 2.23. The Balaban J connectivity index is 2.25. The van der Waals surface area contributed by atoms with Gasteiger partial charge in [-0.15, -0.1) is 11.3 Å². The fourth-order valence-corrected chi connectivity index (χ4v) is 3.52. The molecule has 1 aromatic heterocycles. The van der Waals surface area contributed by atoms with Crippen molar-refractivity contribution in [3.05, 3.63) is 14.5 Å². The summed E-state index contributed by atoms with van der Waals surface area (Å²) in [4.78, 5) is 17.3. The van der Waals surface area contributed by atoms with Crippen molar-refractivity contribution in [2.45, 2.75) is 32.1 Å². The van der Waals surface area contributed by atoms with Gasteiger partial charge in [0, 0.05) is 4.88 Å². The van der Waals surface area contributed by atoms with Crippen LogP contribution in [0.15, 0.2) is 3.92 Å². The number of halogens is 1. The van der Waals surface area contributed by atoms with Crippen LogP contribution in [-0.4, -0.2) is 17.6 Å². The lowest BCUT2D eigenvalue weighted by Gasteiger charge is -2.19. The molecular formula is C10H12BrNO2S. The Labute approximate surface area is 101 Å². The van der Waals surface area contributed by atoms with Gasteiger partial charge >= 0.3 is 5.97 Å². The number of aromatic nitrogens is 1. The van der Waals surface area contributed by atoms with Crippen molar-refractivity contribution in [2.75, 3.05) is 6.61 Å². The van der Waals surface area contributed by atoms with Gasteiger partial charge in [0.1, 0.15) is 5.92 Å². The van der Waals surface area contributed by atoms with E-state index >= 15 is 0 Å². The first-order valence-corrected chi connectivity index (χ1v) is 6.65. The summed E-state index contributed by atoms with van der Waals surface area (Å²) in [7, 11) is 0. The molecular weight excluding hydrogens is 278 g/mol. The Morgan fingerprint density at radius 3 is 3.27 bits per heavy atom. The number of fused-ring (bicyclic) bond motifs is 1. The smallest absolute Gasteiger partial charge is 0.315 e. The number of hydrogen-bond donors (Lipinski definition) is 0. The fourth-order valence-electron chi connectivity index (χ4n) is 1.86. The molecule has 1 aliphatic rings. The average Bonchev–Trinajstić information content (AvgIpc) is 2.57. The van der Waals surface area contributed by atoms with Crippen molar-refractivity contribution < 1.29 is 9.53 Å². The lowest BCUT2D eigenvalue weighted by Crippen LogP contribution is -2.20. The number of thiazole rings is 1. The van der Waals surface area contributed by atoms with Crippen LogP contribution in [0.5, 0.6) is 0 Å². The highest BCUT2D eigenvalue weighted by Gasteiger charge is 2.30. The highest BCUT2D eigenvalue weighted by molar-refractivity contribution is 9.11. The van der Waals surface area contributed by atoms with E-state index in [9.17, 15) is 4.79 Å². The summed E-state index contributed by atoms with van der Waals surface area (Å²) in [6.07, 6.45) is 2.95. The lowest BCUT2D eigenvalue weighted by atomic mass is 9.91. The minimum atomic E-state index is -0.142. The van der Waals surface area contributed by atoms with Crippen LogP contribution in [0.4, 0.5) is 0 Å². The molecule has 1 unspecified atom stereocenters. The van der Waals surface area contributed by atoms with Crippen LogP contribution >= 0.6 is 27.3 Å². The molecule has 0 bridgehead atoms. The molecule has 15 heavy (non-hydrogen) atoms. The third-order valence-corrected chi connectivity index (χ3v) is 4.08. The van der Waals surface area contributed by atoms with Gasteiger partial charge in [0.05, 0.1) is 12.3 Å². The molecule has 82 valence electrons. The van der Waals surface area contributed by atoms with Crippen LogP contribution in [0.1, 0.15) is 36.3 Å². The standard InChI is InChI=1S/C10H12BrNO2S/c1-2-14-9(13)6-4-3-5-7-8(6)12-10(11)15-7/h6H,2-5H2,1H3. The molecule has 1 heterocycles. The number of carbonyl (C=O) groups excluding carboxylic acids is 1. The van der Waals surface area contributed by atoms with Crippen molar-refractivity contribution in [1.29, 1.82) is 0 Å². The minimum absolute atomic E-state index is 0.128.